The van der Waals surface area contributed by atoms with E-state index in [0.29, 0.717) is 23.8 Å². The lowest BCUT2D eigenvalue weighted by Gasteiger charge is -2.00. The van der Waals surface area contributed by atoms with Crippen LogP contribution in [0.1, 0.15) is 5.69 Å². The van der Waals surface area contributed by atoms with Crippen LogP contribution in [0.5, 0.6) is 0 Å². The second-order valence-corrected chi connectivity index (χ2v) is 5.30. The van der Waals surface area contributed by atoms with Crippen LogP contribution < -0.4 is 10.9 Å². The number of fused-ring (bicyclic) bond motifs is 1. The summed E-state index contributed by atoms with van der Waals surface area (Å²) < 4.78 is 1.35. The van der Waals surface area contributed by atoms with E-state index in [1.54, 1.807) is 18.7 Å². The fourth-order valence-electron chi connectivity index (χ4n) is 2.49. The van der Waals surface area contributed by atoms with Crippen LogP contribution in [0.15, 0.2) is 53.8 Å². The smallest absolute Gasteiger partial charge is 0.281 e. The van der Waals surface area contributed by atoms with Gasteiger partial charge in [0.25, 0.3) is 11.3 Å². The van der Waals surface area contributed by atoms with Gasteiger partial charge in [-0.2, -0.15) is 9.50 Å². The normalized spacial score (nSPS) is 11.0. The highest BCUT2D eigenvalue weighted by Gasteiger charge is 2.10. The number of nitrogens with zero attached hydrogens (tertiary/aromatic N) is 4. The van der Waals surface area contributed by atoms with Crippen LogP contribution in [0, 0.1) is 0 Å². The van der Waals surface area contributed by atoms with Crippen molar-refractivity contribution in [1.82, 2.24) is 29.5 Å². The van der Waals surface area contributed by atoms with Crippen LogP contribution in [-0.4, -0.2) is 36.1 Å². The molecule has 0 amide bonds. The second-order valence-electron chi connectivity index (χ2n) is 5.30. The van der Waals surface area contributed by atoms with Gasteiger partial charge in [-0.1, -0.05) is 30.3 Å². The molecule has 0 spiro atoms. The van der Waals surface area contributed by atoms with Gasteiger partial charge in [-0.05, 0) is 5.56 Å². The maximum Gasteiger partial charge on any atom is 0.281 e. The summed E-state index contributed by atoms with van der Waals surface area (Å²) in [5.41, 5.74) is 2.20. The van der Waals surface area contributed by atoms with Gasteiger partial charge in [0, 0.05) is 31.1 Å². The van der Waals surface area contributed by atoms with Gasteiger partial charge in [0.2, 0.25) is 5.95 Å². The lowest BCUT2D eigenvalue weighted by molar-refractivity contribution is 0.891. The van der Waals surface area contributed by atoms with E-state index in [2.05, 4.69) is 30.4 Å². The zero-order valence-corrected chi connectivity index (χ0v) is 12.7. The molecule has 120 valence electrons. The summed E-state index contributed by atoms with van der Waals surface area (Å²) in [5.74, 6) is 0.841. The standard InChI is InChI=1S/C16H15N7O/c24-14-13(11-4-2-1-3-5-11)9-19-16-21-15(22-23(14)16)18-7-6-12-8-17-10-20-12/h1-5,8-10H,6-7H2,(H,17,20)(H2,18,19,21,22). The van der Waals surface area contributed by atoms with Crippen LogP contribution in [0.3, 0.4) is 0 Å². The zero-order chi connectivity index (χ0) is 16.4. The number of H-pyrrole nitrogens is 2. The van der Waals surface area contributed by atoms with Gasteiger partial charge in [0.05, 0.1) is 11.9 Å². The molecule has 0 fully saturated rings. The number of rotatable bonds is 5. The summed E-state index contributed by atoms with van der Waals surface area (Å²) in [4.78, 5) is 28.2. The molecule has 0 atom stereocenters. The SMILES string of the molecule is O=c1c(-c2ccccc2)cnc2nc(NCCc3cnc[nH]3)[nH]n12. The number of benzene rings is 1. The highest BCUT2D eigenvalue weighted by atomic mass is 16.1. The topological polar surface area (TPSA) is 104 Å². The quantitative estimate of drug-likeness (QED) is 0.516. The van der Waals surface area contributed by atoms with Crippen molar-refractivity contribution < 1.29 is 0 Å². The van der Waals surface area contributed by atoms with E-state index >= 15 is 0 Å². The Morgan fingerprint density at radius 3 is 2.83 bits per heavy atom. The number of aromatic amines is 2. The highest BCUT2D eigenvalue weighted by Crippen LogP contribution is 2.14. The fraction of sp³-hybridized carbons (Fsp3) is 0.125. The summed E-state index contributed by atoms with van der Waals surface area (Å²) in [6, 6.07) is 9.44. The van der Waals surface area contributed by atoms with Crippen LogP contribution in [0.4, 0.5) is 5.95 Å². The molecule has 0 saturated heterocycles. The van der Waals surface area contributed by atoms with Gasteiger partial charge < -0.3 is 10.3 Å². The Bertz CT molecular complexity index is 1000. The molecule has 0 aliphatic rings. The first-order valence-electron chi connectivity index (χ1n) is 7.55. The monoisotopic (exact) mass is 321 g/mol. The Hall–Kier alpha value is -3.42. The molecule has 1 aromatic carbocycles. The van der Waals surface area contributed by atoms with Gasteiger partial charge in [-0.25, -0.2) is 9.97 Å². The third-order valence-corrected chi connectivity index (χ3v) is 3.70. The first-order chi connectivity index (χ1) is 11.8. The van der Waals surface area contributed by atoms with Gasteiger partial charge in [0.1, 0.15) is 0 Å². The Morgan fingerprint density at radius 2 is 2.04 bits per heavy atom. The van der Waals surface area contributed by atoms with Crippen LogP contribution in [-0.2, 0) is 6.42 Å². The summed E-state index contributed by atoms with van der Waals surface area (Å²) in [5, 5.41) is 6.09. The second kappa shape index (κ2) is 5.99. The summed E-state index contributed by atoms with van der Waals surface area (Å²) >= 11 is 0. The molecule has 0 aliphatic carbocycles. The largest absolute Gasteiger partial charge is 0.354 e. The molecule has 0 bridgehead atoms. The van der Waals surface area contributed by atoms with E-state index in [0.717, 1.165) is 17.7 Å². The summed E-state index contributed by atoms with van der Waals surface area (Å²) in [7, 11) is 0. The van der Waals surface area contributed by atoms with E-state index in [-0.39, 0.29) is 5.56 Å². The zero-order valence-electron chi connectivity index (χ0n) is 12.7. The number of aromatic nitrogens is 6. The van der Waals surface area contributed by atoms with Crippen molar-refractivity contribution in [3.63, 3.8) is 0 Å². The number of imidazole rings is 1. The molecule has 3 heterocycles. The van der Waals surface area contributed by atoms with E-state index < -0.39 is 0 Å². The molecule has 24 heavy (non-hydrogen) atoms. The summed E-state index contributed by atoms with van der Waals surface area (Å²) in [6.45, 7) is 0.655. The first-order valence-corrected chi connectivity index (χ1v) is 7.55. The Labute approximate surface area is 136 Å². The predicted molar refractivity (Wildman–Crippen MR) is 89.8 cm³/mol. The molecule has 4 rings (SSSR count). The van der Waals surface area contributed by atoms with E-state index in [1.807, 2.05) is 30.3 Å². The molecular weight excluding hydrogens is 306 g/mol. The molecule has 0 saturated carbocycles. The number of hydrogen-bond donors (Lipinski definition) is 3. The predicted octanol–water partition coefficient (Wildman–Crippen LogP) is 1.46. The molecule has 0 unspecified atom stereocenters. The lowest BCUT2D eigenvalue weighted by Crippen LogP contribution is -2.17. The van der Waals surface area contributed by atoms with Crippen LogP contribution >= 0.6 is 0 Å². The Kier molecular flexibility index (Phi) is 3.54. The Balaban J connectivity index is 1.59. The minimum absolute atomic E-state index is 0.180. The maximum atomic E-state index is 12.6. The third-order valence-electron chi connectivity index (χ3n) is 3.70. The van der Waals surface area contributed by atoms with Gasteiger partial charge >= 0.3 is 0 Å². The molecule has 0 aliphatic heterocycles. The third kappa shape index (κ3) is 2.65. The molecule has 8 nitrogen and oxygen atoms in total. The fourth-order valence-corrected chi connectivity index (χ4v) is 2.49. The molecule has 4 aromatic rings. The average molecular weight is 321 g/mol. The summed E-state index contributed by atoms with van der Waals surface area (Å²) in [6.07, 6.45) is 5.75. The number of anilines is 1. The van der Waals surface area contributed by atoms with Gasteiger partial charge in [-0.15, -0.1) is 0 Å². The van der Waals surface area contributed by atoms with E-state index in [4.69, 9.17) is 0 Å². The highest BCUT2D eigenvalue weighted by molar-refractivity contribution is 5.62. The molecule has 8 heteroatoms. The Morgan fingerprint density at radius 1 is 1.17 bits per heavy atom. The van der Waals surface area contributed by atoms with Crippen LogP contribution in [0.2, 0.25) is 0 Å². The molecular formula is C16H15N7O. The minimum Gasteiger partial charge on any atom is -0.354 e. The van der Waals surface area contributed by atoms with Crippen molar-refractivity contribution in [2.45, 2.75) is 6.42 Å². The van der Waals surface area contributed by atoms with Gasteiger partial charge in [-0.3, -0.25) is 9.89 Å². The molecule has 0 radical (unpaired) electrons. The van der Waals surface area contributed by atoms with Crippen molar-refractivity contribution in [3.8, 4) is 11.1 Å². The minimum atomic E-state index is -0.180. The van der Waals surface area contributed by atoms with Crippen molar-refractivity contribution in [3.05, 3.63) is 65.1 Å². The average Bonchev–Trinajstić information content (AvgIpc) is 3.26. The molecule has 3 N–H and O–H groups in total. The maximum absolute atomic E-state index is 12.6. The lowest BCUT2D eigenvalue weighted by atomic mass is 10.1. The van der Waals surface area contributed by atoms with E-state index in [9.17, 15) is 4.79 Å². The van der Waals surface area contributed by atoms with Gasteiger partial charge in [0.15, 0.2) is 0 Å². The number of hydrogen-bond acceptors (Lipinski definition) is 5. The van der Waals surface area contributed by atoms with Crippen molar-refractivity contribution >= 4 is 11.7 Å². The van der Waals surface area contributed by atoms with Crippen molar-refractivity contribution in [1.29, 1.82) is 0 Å². The first kappa shape index (κ1) is 14.2. The van der Waals surface area contributed by atoms with Crippen molar-refractivity contribution in [2.75, 3.05) is 11.9 Å². The van der Waals surface area contributed by atoms with Crippen LogP contribution in [0.25, 0.3) is 16.9 Å². The van der Waals surface area contributed by atoms with E-state index in [1.165, 1.54) is 4.52 Å². The number of nitrogens with one attached hydrogen (secondary N) is 3. The van der Waals surface area contributed by atoms with Crippen molar-refractivity contribution in [2.24, 2.45) is 0 Å². The molecule has 3 aromatic heterocycles.